The summed E-state index contributed by atoms with van der Waals surface area (Å²) < 4.78 is 58.0. The van der Waals surface area contributed by atoms with E-state index in [9.17, 15) is 27.2 Å². The summed E-state index contributed by atoms with van der Waals surface area (Å²) in [5.41, 5.74) is -0.404. The first-order valence-electron chi connectivity index (χ1n) is 9.45. The lowest BCUT2D eigenvalue weighted by molar-refractivity contribution is -0.155. The highest BCUT2D eigenvalue weighted by atomic mass is 35.5. The van der Waals surface area contributed by atoms with Gasteiger partial charge in [-0.2, -0.15) is 13.2 Å². The second-order valence-electron chi connectivity index (χ2n) is 7.48. The van der Waals surface area contributed by atoms with Crippen molar-refractivity contribution in [3.63, 3.8) is 0 Å². The topological polar surface area (TPSA) is 49.9 Å². The fourth-order valence-electron chi connectivity index (χ4n) is 3.73. The molecule has 2 amide bonds. The average Bonchev–Trinajstić information content (AvgIpc) is 2.66. The van der Waals surface area contributed by atoms with Crippen molar-refractivity contribution in [2.45, 2.75) is 18.8 Å². The number of halogens is 5. The molecular formula is C21H17ClF4N2O3. The van der Waals surface area contributed by atoms with E-state index in [1.165, 1.54) is 29.2 Å². The lowest BCUT2D eigenvalue weighted by Crippen LogP contribution is -2.65. The molecule has 5 nitrogen and oxygen atoms in total. The summed E-state index contributed by atoms with van der Waals surface area (Å²) in [5.74, 6) is -1.93. The van der Waals surface area contributed by atoms with Crippen LogP contribution >= 0.6 is 11.6 Å². The number of hydrogen-bond donors (Lipinski definition) is 0. The number of ether oxygens (including phenoxy) is 1. The normalized spacial score (nSPS) is 20.2. The fourth-order valence-corrected chi connectivity index (χ4v) is 3.89. The third-order valence-corrected chi connectivity index (χ3v) is 5.65. The SMILES string of the molecule is O=C1[C@@H](C2COC2)N(Cc2ccc(C(F)(F)F)cc2)C(=O)CN1c1ccc(Cl)cc1F. The number of rotatable bonds is 4. The smallest absolute Gasteiger partial charge is 0.380 e. The number of piperazine rings is 1. The van der Waals surface area contributed by atoms with Gasteiger partial charge >= 0.3 is 6.18 Å². The molecule has 2 aliphatic rings. The molecule has 2 aliphatic heterocycles. The molecule has 0 aliphatic carbocycles. The van der Waals surface area contributed by atoms with Crippen LogP contribution < -0.4 is 4.90 Å². The van der Waals surface area contributed by atoms with E-state index in [4.69, 9.17) is 16.3 Å². The molecule has 4 rings (SSSR count). The first-order valence-corrected chi connectivity index (χ1v) is 9.82. The molecule has 2 saturated heterocycles. The third-order valence-electron chi connectivity index (χ3n) is 5.41. The van der Waals surface area contributed by atoms with Gasteiger partial charge in [0, 0.05) is 17.5 Å². The summed E-state index contributed by atoms with van der Waals surface area (Å²) in [4.78, 5) is 28.6. The summed E-state index contributed by atoms with van der Waals surface area (Å²) in [6.07, 6.45) is -4.47. The Bertz CT molecular complexity index is 1010. The van der Waals surface area contributed by atoms with E-state index in [1.54, 1.807) is 0 Å². The Hall–Kier alpha value is -2.65. The zero-order chi connectivity index (χ0) is 22.3. The van der Waals surface area contributed by atoms with Gasteiger partial charge in [0.05, 0.1) is 24.5 Å². The van der Waals surface area contributed by atoms with E-state index >= 15 is 0 Å². The van der Waals surface area contributed by atoms with Crippen LogP contribution in [0.25, 0.3) is 0 Å². The lowest BCUT2D eigenvalue weighted by Gasteiger charge is -2.45. The van der Waals surface area contributed by atoms with Crippen LogP contribution in [0.5, 0.6) is 0 Å². The van der Waals surface area contributed by atoms with Crippen LogP contribution in [0.15, 0.2) is 42.5 Å². The minimum Gasteiger partial charge on any atom is -0.380 e. The van der Waals surface area contributed by atoms with Crippen LogP contribution in [0.2, 0.25) is 5.02 Å². The van der Waals surface area contributed by atoms with Crippen molar-refractivity contribution in [1.82, 2.24) is 4.90 Å². The third kappa shape index (κ3) is 4.24. The Morgan fingerprint density at radius 3 is 2.29 bits per heavy atom. The van der Waals surface area contributed by atoms with Crippen LogP contribution in [0.1, 0.15) is 11.1 Å². The van der Waals surface area contributed by atoms with E-state index in [2.05, 4.69) is 0 Å². The summed E-state index contributed by atoms with van der Waals surface area (Å²) in [6, 6.07) is 7.33. The summed E-state index contributed by atoms with van der Waals surface area (Å²) in [5, 5.41) is 0.157. The second-order valence-corrected chi connectivity index (χ2v) is 7.92. The second kappa shape index (κ2) is 8.12. The molecule has 0 spiro atoms. The van der Waals surface area contributed by atoms with Crippen LogP contribution in [-0.4, -0.2) is 42.5 Å². The largest absolute Gasteiger partial charge is 0.416 e. The highest BCUT2D eigenvalue weighted by Gasteiger charge is 2.47. The molecular weight excluding hydrogens is 440 g/mol. The molecule has 0 bridgehead atoms. The van der Waals surface area contributed by atoms with Crippen molar-refractivity contribution in [3.8, 4) is 0 Å². The van der Waals surface area contributed by atoms with E-state index < -0.39 is 35.4 Å². The highest BCUT2D eigenvalue weighted by molar-refractivity contribution is 6.30. The number of benzene rings is 2. The molecule has 1 atom stereocenters. The Morgan fingerprint density at radius 2 is 1.74 bits per heavy atom. The number of nitrogens with zero attached hydrogens (tertiary/aromatic N) is 2. The first-order chi connectivity index (χ1) is 14.6. The van der Waals surface area contributed by atoms with Gasteiger partial charge < -0.3 is 9.64 Å². The maximum absolute atomic E-state index is 14.4. The maximum Gasteiger partial charge on any atom is 0.416 e. The summed E-state index contributed by atoms with van der Waals surface area (Å²) in [7, 11) is 0. The van der Waals surface area contributed by atoms with E-state index in [1.807, 2.05) is 0 Å². The van der Waals surface area contributed by atoms with Gasteiger partial charge in [-0.25, -0.2) is 4.39 Å². The van der Waals surface area contributed by atoms with Crippen molar-refractivity contribution >= 4 is 29.1 Å². The van der Waals surface area contributed by atoms with Gasteiger partial charge in [0.25, 0.3) is 5.91 Å². The molecule has 0 unspecified atom stereocenters. The molecule has 164 valence electrons. The predicted molar refractivity (Wildman–Crippen MR) is 104 cm³/mol. The van der Waals surface area contributed by atoms with Crippen molar-refractivity contribution in [2.24, 2.45) is 5.92 Å². The molecule has 0 aromatic heterocycles. The molecule has 2 heterocycles. The minimum absolute atomic E-state index is 0.0409. The lowest BCUT2D eigenvalue weighted by atomic mass is 9.92. The van der Waals surface area contributed by atoms with Gasteiger partial charge in [0.1, 0.15) is 18.4 Å². The van der Waals surface area contributed by atoms with Crippen LogP contribution in [0.3, 0.4) is 0 Å². The van der Waals surface area contributed by atoms with Crippen LogP contribution in [0.4, 0.5) is 23.2 Å². The molecule has 2 aromatic rings. The fraction of sp³-hybridized carbons (Fsp3) is 0.333. The molecule has 10 heteroatoms. The van der Waals surface area contributed by atoms with E-state index in [0.29, 0.717) is 5.56 Å². The molecule has 0 radical (unpaired) electrons. The zero-order valence-electron chi connectivity index (χ0n) is 16.0. The monoisotopic (exact) mass is 456 g/mol. The first kappa shape index (κ1) is 21.6. The minimum atomic E-state index is -4.47. The number of alkyl halides is 3. The maximum atomic E-state index is 14.4. The van der Waals surface area contributed by atoms with Crippen molar-refractivity contribution in [2.75, 3.05) is 24.7 Å². The molecule has 2 fully saturated rings. The molecule has 2 aromatic carbocycles. The van der Waals surface area contributed by atoms with Gasteiger partial charge in [-0.05, 0) is 35.9 Å². The van der Waals surface area contributed by atoms with Crippen LogP contribution in [0, 0.1) is 11.7 Å². The van der Waals surface area contributed by atoms with Crippen molar-refractivity contribution < 1.29 is 31.9 Å². The molecule has 0 N–H and O–H groups in total. The number of amides is 2. The highest BCUT2D eigenvalue weighted by Crippen LogP contribution is 2.33. The number of carbonyl (C=O) groups is 2. The Kier molecular flexibility index (Phi) is 5.65. The van der Waals surface area contributed by atoms with Gasteiger partial charge in [-0.1, -0.05) is 23.7 Å². The van der Waals surface area contributed by atoms with Gasteiger partial charge in [0.2, 0.25) is 5.91 Å². The molecule has 0 saturated carbocycles. The van der Waals surface area contributed by atoms with Gasteiger partial charge in [0.15, 0.2) is 0 Å². The van der Waals surface area contributed by atoms with E-state index in [0.717, 1.165) is 23.1 Å². The van der Waals surface area contributed by atoms with Crippen LogP contribution in [-0.2, 0) is 27.0 Å². The Morgan fingerprint density at radius 1 is 1.06 bits per heavy atom. The van der Waals surface area contributed by atoms with Crippen molar-refractivity contribution in [3.05, 3.63) is 64.4 Å². The summed E-state index contributed by atoms with van der Waals surface area (Å²) >= 11 is 5.78. The standard InChI is InChI=1S/C21H17ClF4N2O3/c22-15-5-6-17(16(23)7-15)27-9-18(29)28(19(20(27)30)13-10-31-11-13)8-12-1-3-14(4-2-12)21(24,25)26/h1-7,13,19H,8-11H2/t19-/m1/s1. The Labute approximate surface area is 180 Å². The Balaban J connectivity index is 1.61. The zero-order valence-corrected chi connectivity index (χ0v) is 16.8. The number of carbonyl (C=O) groups excluding carboxylic acids is 2. The van der Waals surface area contributed by atoms with Gasteiger partial charge in [-0.3, -0.25) is 14.5 Å². The average molecular weight is 457 g/mol. The van der Waals surface area contributed by atoms with E-state index in [-0.39, 0.29) is 42.9 Å². The van der Waals surface area contributed by atoms with Gasteiger partial charge in [-0.15, -0.1) is 0 Å². The van der Waals surface area contributed by atoms with Crippen molar-refractivity contribution in [1.29, 1.82) is 0 Å². The number of hydrogen-bond acceptors (Lipinski definition) is 3. The quantitative estimate of drug-likeness (QED) is 0.656. The summed E-state index contributed by atoms with van der Waals surface area (Å²) in [6.45, 7) is 0.0805. The molecule has 31 heavy (non-hydrogen) atoms. The predicted octanol–water partition coefficient (Wildman–Crippen LogP) is 3.89. The number of anilines is 1.